The number of hydrogen-bond donors (Lipinski definition) is 2. The molecule has 8 nitrogen and oxygen atoms in total. The molecule has 0 spiro atoms. The molecule has 0 atom stereocenters. The number of nitrogens with one attached hydrogen (secondary N) is 2. The first-order valence-corrected chi connectivity index (χ1v) is 5.92. The average molecular weight is 259 g/mol. The molecule has 0 aliphatic carbocycles. The summed E-state index contributed by atoms with van der Waals surface area (Å²) in [4.78, 5) is 30.6. The van der Waals surface area contributed by atoms with Gasteiger partial charge in [0.05, 0.1) is 6.20 Å². The van der Waals surface area contributed by atoms with Gasteiger partial charge < -0.3 is 0 Å². The predicted octanol–water partition coefficient (Wildman–Crippen LogP) is 0.417. The van der Waals surface area contributed by atoms with Crippen LogP contribution in [0.15, 0.2) is 22.6 Å². The van der Waals surface area contributed by atoms with Crippen molar-refractivity contribution in [3.05, 3.63) is 28.3 Å². The zero-order chi connectivity index (χ0) is 12.1. The number of aromatic amines is 2. The molecule has 2 N–H and O–H groups in total. The molecule has 4 rings (SSSR count). The molecule has 0 fully saturated rings. The lowest BCUT2D eigenvalue weighted by molar-refractivity contribution is 0.970. The Morgan fingerprint density at radius 3 is 3.06 bits per heavy atom. The van der Waals surface area contributed by atoms with Gasteiger partial charge in [-0.05, 0) is 0 Å². The summed E-state index contributed by atoms with van der Waals surface area (Å²) in [5, 5.41) is 5.18. The summed E-state index contributed by atoms with van der Waals surface area (Å²) in [6.45, 7) is 0. The van der Waals surface area contributed by atoms with E-state index in [1.807, 2.05) is 5.38 Å². The number of thiazole rings is 1. The molecule has 0 amide bonds. The number of rotatable bonds is 1. The van der Waals surface area contributed by atoms with Crippen LogP contribution in [0.4, 0.5) is 0 Å². The van der Waals surface area contributed by atoms with Crippen molar-refractivity contribution in [2.75, 3.05) is 0 Å². The van der Waals surface area contributed by atoms with E-state index in [-0.39, 0.29) is 5.69 Å². The number of imidazole rings is 1. The van der Waals surface area contributed by atoms with Gasteiger partial charge in [0.2, 0.25) is 5.78 Å². The Hall–Kier alpha value is -2.55. The maximum Gasteiger partial charge on any atom is 0.340 e. The Bertz CT molecular complexity index is 900. The van der Waals surface area contributed by atoms with Gasteiger partial charge in [-0.1, -0.05) is 0 Å². The first-order chi connectivity index (χ1) is 8.81. The highest BCUT2D eigenvalue weighted by molar-refractivity contribution is 7.13. The van der Waals surface area contributed by atoms with E-state index in [2.05, 4.69) is 30.0 Å². The Labute approximate surface area is 102 Å². The van der Waals surface area contributed by atoms with Crippen LogP contribution in [0.1, 0.15) is 0 Å². The van der Waals surface area contributed by atoms with Gasteiger partial charge in [-0.15, -0.1) is 11.3 Å². The molecular formula is C9H5N7OS. The van der Waals surface area contributed by atoms with E-state index in [1.165, 1.54) is 15.9 Å². The lowest BCUT2D eigenvalue weighted by atomic mass is 10.5. The van der Waals surface area contributed by atoms with Gasteiger partial charge in [-0.3, -0.25) is 4.98 Å². The first-order valence-electron chi connectivity index (χ1n) is 5.04. The zero-order valence-corrected chi connectivity index (χ0v) is 9.60. The van der Waals surface area contributed by atoms with Crippen LogP contribution in [0.5, 0.6) is 0 Å². The van der Waals surface area contributed by atoms with Gasteiger partial charge >= 0.3 is 5.69 Å². The molecule has 0 aliphatic heterocycles. The van der Waals surface area contributed by atoms with Crippen LogP contribution in [0, 0.1) is 0 Å². The van der Waals surface area contributed by atoms with Gasteiger partial charge in [0.1, 0.15) is 5.52 Å². The fraction of sp³-hybridized carbons (Fsp3) is 0. The van der Waals surface area contributed by atoms with Crippen molar-refractivity contribution in [1.82, 2.24) is 34.5 Å². The normalized spacial score (nSPS) is 11.6. The molecule has 9 heteroatoms. The van der Waals surface area contributed by atoms with Crippen LogP contribution in [0.2, 0.25) is 0 Å². The second-order valence-electron chi connectivity index (χ2n) is 3.58. The zero-order valence-electron chi connectivity index (χ0n) is 8.78. The second kappa shape index (κ2) is 3.23. The molecular weight excluding hydrogens is 254 g/mol. The summed E-state index contributed by atoms with van der Waals surface area (Å²) < 4.78 is 1.52. The monoisotopic (exact) mass is 259 g/mol. The van der Waals surface area contributed by atoms with Gasteiger partial charge in [-0.25, -0.2) is 29.4 Å². The van der Waals surface area contributed by atoms with E-state index >= 15 is 0 Å². The largest absolute Gasteiger partial charge is 0.340 e. The highest BCUT2D eigenvalue weighted by Crippen LogP contribution is 2.19. The number of hydrogen-bond acceptors (Lipinski definition) is 6. The summed E-state index contributed by atoms with van der Waals surface area (Å²) in [5.41, 5.74) is 0.838. The molecule has 0 aromatic carbocycles. The SMILES string of the molecule is O=c1[nH]c2nc3nc(-c4nccs4)ncc3n2[nH]1. The molecule has 0 bridgehead atoms. The van der Waals surface area contributed by atoms with Gasteiger partial charge in [0, 0.05) is 11.6 Å². The standard InChI is InChI=1S/C9H5N7OS/c17-9-14-8-13-5-4(16(8)15-9)3-11-6(12-5)7-10-1-2-18-7/h1-3H,(H2,11,12,13,14,15,17). The van der Waals surface area contributed by atoms with Crippen molar-refractivity contribution in [3.8, 4) is 10.8 Å². The molecule has 4 aromatic rings. The summed E-state index contributed by atoms with van der Waals surface area (Å²) in [6, 6.07) is 0. The minimum absolute atomic E-state index is 0.316. The van der Waals surface area contributed by atoms with Gasteiger partial charge in [0.25, 0.3) is 0 Å². The van der Waals surface area contributed by atoms with E-state index in [0.717, 1.165) is 5.01 Å². The molecule has 18 heavy (non-hydrogen) atoms. The molecule has 0 saturated carbocycles. The maximum atomic E-state index is 11.1. The van der Waals surface area contributed by atoms with Crippen LogP contribution in [0.25, 0.3) is 27.8 Å². The Kier molecular flexibility index (Phi) is 1.70. The van der Waals surface area contributed by atoms with Crippen molar-refractivity contribution in [2.45, 2.75) is 0 Å². The third kappa shape index (κ3) is 1.21. The summed E-state index contributed by atoms with van der Waals surface area (Å²) in [7, 11) is 0. The minimum Gasteiger partial charge on any atom is -0.275 e. The van der Waals surface area contributed by atoms with E-state index < -0.39 is 0 Å². The maximum absolute atomic E-state index is 11.1. The van der Waals surface area contributed by atoms with Gasteiger partial charge in [-0.2, -0.15) is 4.98 Å². The Balaban J connectivity index is 2.03. The van der Waals surface area contributed by atoms with Crippen molar-refractivity contribution in [3.63, 3.8) is 0 Å². The number of nitrogens with zero attached hydrogens (tertiary/aromatic N) is 5. The van der Waals surface area contributed by atoms with Crippen LogP contribution in [-0.4, -0.2) is 34.5 Å². The molecule has 4 aromatic heterocycles. The van der Waals surface area contributed by atoms with Crippen LogP contribution < -0.4 is 5.69 Å². The average Bonchev–Trinajstić information content (AvgIpc) is 3.02. The van der Waals surface area contributed by atoms with Crippen molar-refractivity contribution in [2.24, 2.45) is 0 Å². The first kappa shape index (κ1) is 9.48. The van der Waals surface area contributed by atoms with E-state index in [4.69, 9.17) is 0 Å². The number of aromatic nitrogens is 7. The summed E-state index contributed by atoms with van der Waals surface area (Å²) in [5.74, 6) is 0.946. The summed E-state index contributed by atoms with van der Waals surface area (Å²) in [6.07, 6.45) is 3.31. The molecule has 4 heterocycles. The highest BCUT2D eigenvalue weighted by Gasteiger charge is 2.11. The van der Waals surface area contributed by atoms with Crippen LogP contribution >= 0.6 is 11.3 Å². The number of fused-ring (bicyclic) bond motifs is 3. The van der Waals surface area contributed by atoms with E-state index in [0.29, 0.717) is 22.8 Å². The van der Waals surface area contributed by atoms with Crippen LogP contribution in [-0.2, 0) is 0 Å². The fourth-order valence-corrected chi connectivity index (χ4v) is 2.31. The quantitative estimate of drug-likeness (QED) is 0.515. The second-order valence-corrected chi connectivity index (χ2v) is 4.47. The fourth-order valence-electron chi connectivity index (χ4n) is 1.74. The lowest BCUT2D eigenvalue weighted by Gasteiger charge is -1.93. The molecule has 0 radical (unpaired) electrons. The van der Waals surface area contributed by atoms with E-state index in [9.17, 15) is 4.79 Å². The smallest absolute Gasteiger partial charge is 0.275 e. The Morgan fingerprint density at radius 2 is 2.22 bits per heavy atom. The Morgan fingerprint density at radius 1 is 1.28 bits per heavy atom. The topological polar surface area (TPSA) is 105 Å². The van der Waals surface area contributed by atoms with E-state index in [1.54, 1.807) is 12.4 Å². The minimum atomic E-state index is -0.316. The third-order valence-electron chi connectivity index (χ3n) is 2.48. The van der Waals surface area contributed by atoms with Crippen molar-refractivity contribution in [1.29, 1.82) is 0 Å². The van der Waals surface area contributed by atoms with Crippen LogP contribution in [0.3, 0.4) is 0 Å². The van der Waals surface area contributed by atoms with Crippen molar-refractivity contribution < 1.29 is 0 Å². The van der Waals surface area contributed by atoms with Gasteiger partial charge in [0.15, 0.2) is 16.5 Å². The summed E-state index contributed by atoms with van der Waals surface area (Å²) >= 11 is 1.46. The predicted molar refractivity (Wildman–Crippen MR) is 64.4 cm³/mol. The molecule has 0 aliphatic rings. The molecule has 0 saturated heterocycles. The highest BCUT2D eigenvalue weighted by atomic mass is 32.1. The lowest BCUT2D eigenvalue weighted by Crippen LogP contribution is -2.03. The third-order valence-corrected chi connectivity index (χ3v) is 3.25. The molecule has 0 unspecified atom stereocenters. The number of H-pyrrole nitrogens is 2. The van der Waals surface area contributed by atoms with Crippen molar-refractivity contribution >= 4 is 28.3 Å². The molecule has 88 valence electrons.